The standard InChI is InChI=1S/C77H138O6/c1-4-7-10-13-16-19-22-24-26-28-30-31-32-33-34-35-36-37-38-39-40-41-42-43-44-45-47-48-50-52-55-58-61-64-67-70-76(79)82-73-74(72-81-75(78)69-66-63-60-57-54-21-18-15-12-9-6-3)83-77(80)71-68-65-62-59-56-53-51-49-46-29-27-25-23-20-17-14-11-8-5-2/h8,11,17,20,22,24-25,27-28,30,46,49,74H,4-7,9-10,12-16,18-19,21,23,26,29,31-45,47-48,50-73H2,1-3H3/b11-8-,20-17-,24-22-,27-25-,30-28-,49-46-. The zero-order valence-corrected chi connectivity index (χ0v) is 55.5. The minimum absolute atomic E-state index is 0.0762. The Morgan fingerprint density at radius 1 is 0.253 bits per heavy atom. The van der Waals surface area contributed by atoms with Crippen LogP contribution >= 0.6 is 0 Å². The van der Waals surface area contributed by atoms with Gasteiger partial charge in [-0.3, -0.25) is 14.4 Å². The van der Waals surface area contributed by atoms with Gasteiger partial charge in [-0.25, -0.2) is 0 Å². The lowest BCUT2D eigenvalue weighted by Crippen LogP contribution is -2.30. The average Bonchev–Trinajstić information content (AvgIpc) is 3.48. The monoisotopic (exact) mass is 1160 g/mol. The molecule has 0 amide bonds. The predicted molar refractivity (Wildman–Crippen MR) is 362 cm³/mol. The van der Waals surface area contributed by atoms with Gasteiger partial charge in [-0.2, -0.15) is 0 Å². The van der Waals surface area contributed by atoms with E-state index in [0.29, 0.717) is 19.3 Å². The van der Waals surface area contributed by atoms with Gasteiger partial charge in [-0.05, 0) is 89.9 Å². The van der Waals surface area contributed by atoms with Crippen LogP contribution in [0.15, 0.2) is 72.9 Å². The second-order valence-electron chi connectivity index (χ2n) is 24.5. The Labute approximate surface area is 516 Å². The highest BCUT2D eigenvalue weighted by Crippen LogP contribution is 2.18. The van der Waals surface area contributed by atoms with Crippen LogP contribution in [-0.2, 0) is 28.6 Å². The van der Waals surface area contributed by atoms with Gasteiger partial charge >= 0.3 is 17.9 Å². The number of rotatable bonds is 67. The first-order valence-electron chi connectivity index (χ1n) is 36.4. The van der Waals surface area contributed by atoms with Crippen molar-refractivity contribution in [1.82, 2.24) is 0 Å². The third-order valence-electron chi connectivity index (χ3n) is 16.2. The van der Waals surface area contributed by atoms with Gasteiger partial charge < -0.3 is 14.2 Å². The fraction of sp³-hybridized carbons (Fsp3) is 0.805. The average molecular weight is 1160 g/mol. The zero-order chi connectivity index (χ0) is 59.9. The van der Waals surface area contributed by atoms with Gasteiger partial charge in [0.25, 0.3) is 0 Å². The summed E-state index contributed by atoms with van der Waals surface area (Å²) in [6, 6.07) is 0. The molecule has 0 aliphatic rings. The summed E-state index contributed by atoms with van der Waals surface area (Å²) >= 11 is 0. The quantitative estimate of drug-likeness (QED) is 0.0261. The molecule has 0 radical (unpaired) electrons. The molecule has 0 aromatic carbocycles. The predicted octanol–water partition coefficient (Wildman–Crippen LogP) is 25.2. The second kappa shape index (κ2) is 71.3. The number of carbonyl (C=O) groups is 3. The first-order valence-corrected chi connectivity index (χ1v) is 36.4. The summed E-state index contributed by atoms with van der Waals surface area (Å²) < 4.78 is 16.9. The molecule has 0 saturated heterocycles. The molecule has 0 bridgehead atoms. The minimum Gasteiger partial charge on any atom is -0.462 e. The Morgan fingerprint density at radius 2 is 0.470 bits per heavy atom. The molecule has 1 atom stereocenters. The van der Waals surface area contributed by atoms with Crippen molar-refractivity contribution in [2.45, 2.75) is 386 Å². The Hall–Kier alpha value is -3.15. The fourth-order valence-electron chi connectivity index (χ4n) is 10.8. The molecule has 0 saturated carbocycles. The Balaban J connectivity index is 4.08. The Bertz CT molecular complexity index is 1520. The topological polar surface area (TPSA) is 78.9 Å². The maximum Gasteiger partial charge on any atom is 0.306 e. The van der Waals surface area contributed by atoms with Gasteiger partial charge in [0.15, 0.2) is 6.10 Å². The number of hydrogen-bond donors (Lipinski definition) is 0. The van der Waals surface area contributed by atoms with Gasteiger partial charge in [-0.15, -0.1) is 0 Å². The number of unbranched alkanes of at least 4 members (excludes halogenated alkanes) is 44. The third-order valence-corrected chi connectivity index (χ3v) is 16.2. The summed E-state index contributed by atoms with van der Waals surface area (Å²) in [7, 11) is 0. The van der Waals surface area contributed by atoms with E-state index < -0.39 is 6.10 Å². The molecule has 0 fully saturated rings. The van der Waals surface area contributed by atoms with Crippen LogP contribution in [-0.4, -0.2) is 37.2 Å². The van der Waals surface area contributed by atoms with Crippen LogP contribution in [0.5, 0.6) is 0 Å². The molecule has 0 rings (SSSR count). The maximum absolute atomic E-state index is 12.9. The molecule has 6 heteroatoms. The lowest BCUT2D eigenvalue weighted by Gasteiger charge is -2.18. The van der Waals surface area contributed by atoms with Crippen molar-refractivity contribution in [1.29, 1.82) is 0 Å². The lowest BCUT2D eigenvalue weighted by atomic mass is 10.0. The molecule has 0 spiro atoms. The van der Waals surface area contributed by atoms with Crippen molar-refractivity contribution in [3.05, 3.63) is 72.9 Å². The molecule has 0 N–H and O–H groups in total. The zero-order valence-electron chi connectivity index (χ0n) is 55.5. The Kier molecular flexibility index (Phi) is 68.6. The molecule has 0 aromatic rings. The normalized spacial score (nSPS) is 12.5. The molecule has 0 aliphatic carbocycles. The van der Waals surface area contributed by atoms with Crippen molar-refractivity contribution in [2.24, 2.45) is 0 Å². The molecular formula is C77H138O6. The van der Waals surface area contributed by atoms with Crippen LogP contribution in [0.1, 0.15) is 380 Å². The largest absolute Gasteiger partial charge is 0.462 e. The molecular weight excluding hydrogens is 1020 g/mol. The highest BCUT2D eigenvalue weighted by Gasteiger charge is 2.19. The summed E-state index contributed by atoms with van der Waals surface area (Å²) in [6.07, 6.45) is 93.9. The van der Waals surface area contributed by atoms with E-state index in [4.69, 9.17) is 14.2 Å². The summed E-state index contributed by atoms with van der Waals surface area (Å²) in [5.74, 6) is -0.870. The van der Waals surface area contributed by atoms with E-state index in [1.165, 1.54) is 238 Å². The number of carbonyl (C=O) groups excluding carboxylic acids is 3. The van der Waals surface area contributed by atoms with E-state index in [0.717, 1.165) is 103 Å². The molecule has 0 aliphatic heterocycles. The van der Waals surface area contributed by atoms with Crippen LogP contribution in [0, 0.1) is 0 Å². The molecule has 1 unspecified atom stereocenters. The van der Waals surface area contributed by atoms with E-state index in [9.17, 15) is 14.4 Å². The number of allylic oxidation sites excluding steroid dienone is 12. The number of esters is 3. The molecule has 83 heavy (non-hydrogen) atoms. The first-order chi connectivity index (χ1) is 41.0. The van der Waals surface area contributed by atoms with Crippen LogP contribution < -0.4 is 0 Å². The Morgan fingerprint density at radius 3 is 0.735 bits per heavy atom. The fourth-order valence-corrected chi connectivity index (χ4v) is 10.8. The van der Waals surface area contributed by atoms with Gasteiger partial charge in [0, 0.05) is 19.3 Å². The molecule has 0 aromatic heterocycles. The van der Waals surface area contributed by atoms with Crippen molar-refractivity contribution >= 4 is 17.9 Å². The summed E-state index contributed by atoms with van der Waals surface area (Å²) in [4.78, 5) is 38.3. The van der Waals surface area contributed by atoms with Gasteiger partial charge in [0.05, 0.1) is 0 Å². The number of hydrogen-bond acceptors (Lipinski definition) is 6. The molecule has 0 heterocycles. The van der Waals surface area contributed by atoms with E-state index in [1.54, 1.807) is 0 Å². The van der Waals surface area contributed by atoms with Gasteiger partial charge in [0.2, 0.25) is 0 Å². The van der Waals surface area contributed by atoms with E-state index >= 15 is 0 Å². The molecule has 482 valence electrons. The maximum atomic E-state index is 12.9. The van der Waals surface area contributed by atoms with E-state index in [1.807, 2.05) is 0 Å². The summed E-state index contributed by atoms with van der Waals surface area (Å²) in [5.41, 5.74) is 0. The minimum atomic E-state index is -0.781. The van der Waals surface area contributed by atoms with Crippen LogP contribution in [0.3, 0.4) is 0 Å². The smallest absolute Gasteiger partial charge is 0.306 e. The van der Waals surface area contributed by atoms with E-state index in [2.05, 4.69) is 93.7 Å². The highest BCUT2D eigenvalue weighted by atomic mass is 16.6. The van der Waals surface area contributed by atoms with Crippen LogP contribution in [0.25, 0.3) is 0 Å². The third kappa shape index (κ3) is 69.5. The van der Waals surface area contributed by atoms with Crippen molar-refractivity contribution < 1.29 is 28.6 Å². The summed E-state index contributed by atoms with van der Waals surface area (Å²) in [6.45, 7) is 6.55. The van der Waals surface area contributed by atoms with Crippen LogP contribution in [0.2, 0.25) is 0 Å². The highest BCUT2D eigenvalue weighted by molar-refractivity contribution is 5.71. The SMILES string of the molecule is CC/C=C\C/C=C\C/C=C\C/C=C\CCCCCCCCC(=O)OC(COC(=O)CCCCCCCCCCCCC)COC(=O)CCCCCCCCCCCCCCCCCCCCCCCCC/C=C\C/C=C\CCCCCCC. The first kappa shape index (κ1) is 79.8. The summed E-state index contributed by atoms with van der Waals surface area (Å²) in [5, 5.41) is 0. The molecule has 6 nitrogen and oxygen atoms in total. The van der Waals surface area contributed by atoms with Crippen LogP contribution in [0.4, 0.5) is 0 Å². The number of ether oxygens (including phenoxy) is 3. The van der Waals surface area contributed by atoms with Gasteiger partial charge in [0.1, 0.15) is 13.2 Å². The lowest BCUT2D eigenvalue weighted by molar-refractivity contribution is -0.167. The van der Waals surface area contributed by atoms with Crippen molar-refractivity contribution in [3.63, 3.8) is 0 Å². The van der Waals surface area contributed by atoms with Crippen molar-refractivity contribution in [3.8, 4) is 0 Å². The van der Waals surface area contributed by atoms with E-state index in [-0.39, 0.29) is 31.1 Å². The van der Waals surface area contributed by atoms with Gasteiger partial charge in [-0.1, -0.05) is 344 Å². The van der Waals surface area contributed by atoms with Crippen molar-refractivity contribution in [2.75, 3.05) is 13.2 Å². The second-order valence-corrected chi connectivity index (χ2v) is 24.5.